The number of thiophene rings is 1. The first-order valence-corrected chi connectivity index (χ1v) is 9.07. The number of hydrogen-bond donors (Lipinski definition) is 0. The van der Waals surface area contributed by atoms with Crippen molar-refractivity contribution in [2.75, 3.05) is 7.11 Å². The van der Waals surface area contributed by atoms with Gasteiger partial charge in [0.25, 0.3) is 0 Å². The van der Waals surface area contributed by atoms with Crippen LogP contribution in [0.2, 0.25) is 0 Å². The van der Waals surface area contributed by atoms with E-state index in [0.29, 0.717) is 6.42 Å². The lowest BCUT2D eigenvalue weighted by Crippen LogP contribution is -1.97. The second-order valence-electron chi connectivity index (χ2n) is 5.12. The van der Waals surface area contributed by atoms with Crippen molar-refractivity contribution < 1.29 is 4.74 Å². The summed E-state index contributed by atoms with van der Waals surface area (Å²) in [7, 11) is 1.66. The van der Waals surface area contributed by atoms with Gasteiger partial charge in [-0.1, -0.05) is 29.5 Å². The van der Waals surface area contributed by atoms with E-state index < -0.39 is 0 Å². The molecule has 0 saturated carbocycles. The minimum atomic E-state index is 0.684. The van der Waals surface area contributed by atoms with Gasteiger partial charge in [-0.15, -0.1) is 21.5 Å². The second-order valence-corrected chi connectivity index (χ2v) is 7.09. The molecule has 3 heterocycles. The van der Waals surface area contributed by atoms with Crippen LogP contribution in [-0.4, -0.2) is 26.9 Å². The molecule has 0 saturated heterocycles. The normalized spacial score (nSPS) is 11.5. The monoisotopic (exact) mass is 354 g/mol. The largest absolute Gasteiger partial charge is 0.497 e. The van der Waals surface area contributed by atoms with E-state index in [1.54, 1.807) is 18.4 Å². The summed E-state index contributed by atoms with van der Waals surface area (Å²) < 4.78 is 7.01. The third kappa shape index (κ3) is 3.08. The Labute approximate surface area is 146 Å². The van der Waals surface area contributed by atoms with Crippen LogP contribution < -0.4 is 4.74 Å². The molecule has 24 heavy (non-hydrogen) atoms. The van der Waals surface area contributed by atoms with Gasteiger partial charge in [-0.05, 0) is 41.3 Å². The van der Waals surface area contributed by atoms with E-state index in [9.17, 15) is 0 Å². The van der Waals surface area contributed by atoms with Crippen LogP contribution in [0.15, 0.2) is 41.8 Å². The highest BCUT2D eigenvalue weighted by Gasteiger charge is 2.11. The van der Waals surface area contributed by atoms with Crippen LogP contribution in [0.5, 0.6) is 5.75 Å². The summed E-state index contributed by atoms with van der Waals surface area (Å²) >= 11 is 3.24. The fourth-order valence-corrected chi connectivity index (χ4v) is 3.69. The summed E-state index contributed by atoms with van der Waals surface area (Å²) in [4.78, 5) is 2.02. The van der Waals surface area contributed by atoms with Gasteiger partial charge in [0.15, 0.2) is 5.82 Å². The van der Waals surface area contributed by atoms with Gasteiger partial charge in [0.1, 0.15) is 10.8 Å². The summed E-state index contributed by atoms with van der Waals surface area (Å²) in [6.07, 6.45) is 4.77. The van der Waals surface area contributed by atoms with E-state index in [0.717, 1.165) is 27.1 Å². The zero-order valence-corrected chi connectivity index (χ0v) is 14.5. The molecule has 1 aromatic carbocycles. The van der Waals surface area contributed by atoms with Crippen molar-refractivity contribution >= 4 is 39.8 Å². The summed E-state index contributed by atoms with van der Waals surface area (Å²) in [5.74, 6) is 1.68. The van der Waals surface area contributed by atoms with Crippen molar-refractivity contribution in [2.24, 2.45) is 0 Å². The van der Waals surface area contributed by atoms with E-state index in [2.05, 4.69) is 32.8 Å². The molecule has 0 aliphatic carbocycles. The predicted molar refractivity (Wildman–Crippen MR) is 97.7 cm³/mol. The lowest BCUT2D eigenvalue weighted by atomic mass is 10.1. The molecule has 0 bridgehead atoms. The molecule has 5 nitrogen and oxygen atoms in total. The quantitative estimate of drug-likeness (QED) is 0.543. The first-order valence-electron chi connectivity index (χ1n) is 7.37. The standard InChI is InChI=1S/C17H14N4OS2/c1-22-13-6-4-12(5-7-13)11-15-18-19-17-21(15)20-16(24-17)9-8-14-3-2-10-23-14/h2-10H,11H2,1H3. The van der Waals surface area contributed by atoms with E-state index in [1.165, 1.54) is 16.2 Å². The van der Waals surface area contributed by atoms with Crippen LogP contribution >= 0.6 is 22.7 Å². The minimum absolute atomic E-state index is 0.684. The minimum Gasteiger partial charge on any atom is -0.497 e. The van der Waals surface area contributed by atoms with E-state index in [4.69, 9.17) is 4.74 Å². The molecule has 0 spiro atoms. The van der Waals surface area contributed by atoms with Crippen LogP contribution in [0.1, 0.15) is 21.3 Å². The van der Waals surface area contributed by atoms with Gasteiger partial charge < -0.3 is 4.74 Å². The molecule has 0 N–H and O–H groups in total. The Balaban J connectivity index is 1.57. The number of hydrogen-bond acceptors (Lipinski definition) is 6. The Morgan fingerprint density at radius 2 is 2.00 bits per heavy atom. The Morgan fingerprint density at radius 1 is 1.12 bits per heavy atom. The van der Waals surface area contributed by atoms with Gasteiger partial charge in [-0.25, -0.2) is 0 Å². The van der Waals surface area contributed by atoms with Gasteiger partial charge in [0.05, 0.1) is 7.11 Å². The molecule has 7 heteroatoms. The highest BCUT2D eigenvalue weighted by atomic mass is 32.1. The number of ether oxygens (including phenoxy) is 1. The first-order chi connectivity index (χ1) is 11.8. The number of methoxy groups -OCH3 is 1. The topological polar surface area (TPSA) is 52.3 Å². The molecule has 0 radical (unpaired) electrons. The van der Waals surface area contributed by atoms with Gasteiger partial charge in [0.2, 0.25) is 4.96 Å². The molecular weight excluding hydrogens is 340 g/mol. The number of aromatic nitrogens is 4. The second kappa shape index (κ2) is 6.54. The van der Waals surface area contributed by atoms with E-state index >= 15 is 0 Å². The van der Waals surface area contributed by atoms with Crippen LogP contribution in [-0.2, 0) is 6.42 Å². The van der Waals surface area contributed by atoms with Crippen molar-refractivity contribution in [1.29, 1.82) is 0 Å². The van der Waals surface area contributed by atoms with Crippen LogP contribution in [0.3, 0.4) is 0 Å². The van der Waals surface area contributed by atoms with Crippen LogP contribution in [0, 0.1) is 0 Å². The first kappa shape index (κ1) is 15.0. The maximum Gasteiger partial charge on any atom is 0.234 e. The number of fused-ring (bicyclic) bond motifs is 1. The summed E-state index contributed by atoms with van der Waals surface area (Å²) in [6.45, 7) is 0. The number of nitrogens with zero attached hydrogens (tertiary/aromatic N) is 4. The summed E-state index contributed by atoms with van der Waals surface area (Å²) in [5.41, 5.74) is 1.15. The third-order valence-electron chi connectivity index (χ3n) is 3.53. The Hall–Kier alpha value is -2.51. The lowest BCUT2D eigenvalue weighted by molar-refractivity contribution is 0.414. The summed E-state index contributed by atoms with van der Waals surface area (Å²) in [5, 5.41) is 16.1. The highest BCUT2D eigenvalue weighted by Crippen LogP contribution is 2.20. The van der Waals surface area contributed by atoms with Crippen molar-refractivity contribution in [1.82, 2.24) is 19.8 Å². The van der Waals surface area contributed by atoms with E-state index in [-0.39, 0.29) is 0 Å². The van der Waals surface area contributed by atoms with Crippen LogP contribution in [0.4, 0.5) is 0 Å². The number of rotatable bonds is 5. The maximum atomic E-state index is 5.18. The molecule has 4 rings (SSSR count). The zero-order valence-electron chi connectivity index (χ0n) is 12.9. The SMILES string of the molecule is COc1ccc(Cc2nnc3sc(C=Cc4cccs4)nn23)cc1. The van der Waals surface area contributed by atoms with E-state index in [1.807, 2.05) is 40.9 Å². The van der Waals surface area contributed by atoms with Gasteiger partial charge in [-0.2, -0.15) is 9.61 Å². The Bertz CT molecular complexity index is 968. The third-order valence-corrected chi connectivity index (χ3v) is 5.23. The van der Waals surface area contributed by atoms with Crippen molar-refractivity contribution in [3.63, 3.8) is 0 Å². The summed E-state index contributed by atoms with van der Waals surface area (Å²) in [6, 6.07) is 12.1. The number of benzene rings is 1. The molecule has 0 amide bonds. The maximum absolute atomic E-state index is 5.18. The molecule has 4 aromatic rings. The van der Waals surface area contributed by atoms with Gasteiger partial charge in [-0.3, -0.25) is 0 Å². The highest BCUT2D eigenvalue weighted by molar-refractivity contribution is 7.17. The molecule has 0 atom stereocenters. The van der Waals surface area contributed by atoms with Gasteiger partial charge >= 0.3 is 0 Å². The lowest BCUT2D eigenvalue weighted by Gasteiger charge is -2.01. The fraction of sp³-hybridized carbons (Fsp3) is 0.118. The molecule has 0 aliphatic rings. The molecule has 0 unspecified atom stereocenters. The average molecular weight is 354 g/mol. The van der Waals surface area contributed by atoms with Gasteiger partial charge in [0, 0.05) is 11.3 Å². The van der Waals surface area contributed by atoms with Crippen molar-refractivity contribution in [3.05, 3.63) is 63.1 Å². The molecule has 0 aliphatic heterocycles. The van der Waals surface area contributed by atoms with Crippen molar-refractivity contribution in [3.8, 4) is 5.75 Å². The Morgan fingerprint density at radius 3 is 2.75 bits per heavy atom. The smallest absolute Gasteiger partial charge is 0.234 e. The average Bonchev–Trinajstić information content (AvgIpc) is 3.32. The molecule has 0 fully saturated rings. The Kier molecular flexibility index (Phi) is 4.10. The predicted octanol–water partition coefficient (Wildman–Crippen LogP) is 4.02. The molecule has 120 valence electrons. The molecular formula is C17H14N4OS2. The fourth-order valence-electron chi connectivity index (χ4n) is 2.32. The molecule has 3 aromatic heterocycles. The van der Waals surface area contributed by atoms with Crippen LogP contribution in [0.25, 0.3) is 17.1 Å². The van der Waals surface area contributed by atoms with Crippen molar-refractivity contribution in [2.45, 2.75) is 6.42 Å². The zero-order chi connectivity index (χ0) is 16.4.